The molecular formula is C19H27ClN4O2. The predicted octanol–water partition coefficient (Wildman–Crippen LogP) is 3.31. The first-order chi connectivity index (χ1) is 11.8. The first-order valence-corrected chi connectivity index (χ1v) is 8.80. The number of benzene rings is 1. The zero-order valence-corrected chi connectivity index (χ0v) is 16.4. The highest BCUT2D eigenvalue weighted by atomic mass is 35.5. The number of carbonyl (C=O) groups is 1. The lowest BCUT2D eigenvalue weighted by atomic mass is 9.92. The van der Waals surface area contributed by atoms with Crippen molar-refractivity contribution in [2.75, 3.05) is 13.1 Å². The van der Waals surface area contributed by atoms with E-state index in [9.17, 15) is 4.79 Å². The molecule has 1 saturated heterocycles. The van der Waals surface area contributed by atoms with Crippen molar-refractivity contribution in [3.05, 3.63) is 35.7 Å². The SMILES string of the molecule is CC(C)(C)Cc1nc(-c2cccc(C(=O)N3CCC(N)CC3)c2)no1.Cl. The van der Waals surface area contributed by atoms with Gasteiger partial charge < -0.3 is 15.2 Å². The van der Waals surface area contributed by atoms with Crippen molar-refractivity contribution in [1.82, 2.24) is 15.0 Å². The Kier molecular flexibility index (Phi) is 6.42. The van der Waals surface area contributed by atoms with Crippen molar-refractivity contribution >= 4 is 18.3 Å². The Hall–Kier alpha value is -1.92. The van der Waals surface area contributed by atoms with Gasteiger partial charge in [0.25, 0.3) is 5.91 Å². The third-order valence-corrected chi connectivity index (χ3v) is 4.34. The maximum absolute atomic E-state index is 12.7. The average molecular weight is 379 g/mol. The number of nitrogens with zero attached hydrogens (tertiary/aromatic N) is 3. The van der Waals surface area contributed by atoms with Crippen LogP contribution in [0.5, 0.6) is 0 Å². The van der Waals surface area contributed by atoms with Crippen LogP contribution < -0.4 is 5.73 Å². The number of carbonyl (C=O) groups excluding carboxylic acids is 1. The molecule has 1 fully saturated rings. The van der Waals surface area contributed by atoms with Gasteiger partial charge in [0.05, 0.1) is 0 Å². The van der Waals surface area contributed by atoms with Gasteiger partial charge in [0.1, 0.15) is 0 Å². The van der Waals surface area contributed by atoms with Gasteiger partial charge in [-0.3, -0.25) is 4.79 Å². The number of hydrogen-bond acceptors (Lipinski definition) is 5. The number of rotatable bonds is 3. The summed E-state index contributed by atoms with van der Waals surface area (Å²) in [5.41, 5.74) is 7.44. The van der Waals surface area contributed by atoms with E-state index in [4.69, 9.17) is 10.3 Å². The summed E-state index contributed by atoms with van der Waals surface area (Å²) in [6.07, 6.45) is 2.42. The summed E-state index contributed by atoms with van der Waals surface area (Å²) in [6.45, 7) is 7.80. The van der Waals surface area contributed by atoms with E-state index in [0.29, 0.717) is 36.8 Å². The highest BCUT2D eigenvalue weighted by molar-refractivity contribution is 5.95. The van der Waals surface area contributed by atoms with Gasteiger partial charge in [0, 0.05) is 36.7 Å². The molecule has 0 saturated carbocycles. The van der Waals surface area contributed by atoms with E-state index in [0.717, 1.165) is 18.4 Å². The molecule has 142 valence electrons. The second kappa shape index (κ2) is 8.18. The Bertz CT molecular complexity index is 746. The van der Waals surface area contributed by atoms with E-state index in [-0.39, 0.29) is 29.8 Å². The molecule has 0 unspecified atom stereocenters. The number of nitrogens with two attached hydrogens (primary N) is 1. The molecule has 6 nitrogen and oxygen atoms in total. The van der Waals surface area contributed by atoms with Crippen LogP contribution in [0.15, 0.2) is 28.8 Å². The van der Waals surface area contributed by atoms with Crippen LogP contribution in [0.25, 0.3) is 11.4 Å². The molecule has 1 aliphatic rings. The van der Waals surface area contributed by atoms with Gasteiger partial charge in [-0.05, 0) is 30.4 Å². The van der Waals surface area contributed by atoms with E-state index in [1.807, 2.05) is 29.2 Å². The minimum absolute atomic E-state index is 0. The molecule has 1 aromatic heterocycles. The molecule has 0 aliphatic carbocycles. The largest absolute Gasteiger partial charge is 0.339 e. The number of halogens is 1. The highest BCUT2D eigenvalue weighted by Gasteiger charge is 2.22. The molecule has 2 aromatic rings. The fourth-order valence-corrected chi connectivity index (χ4v) is 2.97. The monoisotopic (exact) mass is 378 g/mol. The van der Waals surface area contributed by atoms with E-state index in [1.165, 1.54) is 0 Å². The molecule has 0 bridgehead atoms. The number of aromatic nitrogens is 2. The number of hydrogen-bond donors (Lipinski definition) is 1. The zero-order chi connectivity index (χ0) is 18.0. The van der Waals surface area contributed by atoms with Crippen LogP contribution in [0.4, 0.5) is 0 Å². The fraction of sp³-hybridized carbons (Fsp3) is 0.526. The van der Waals surface area contributed by atoms with Gasteiger partial charge in [0.15, 0.2) is 0 Å². The van der Waals surface area contributed by atoms with Crippen LogP contribution in [0.2, 0.25) is 0 Å². The summed E-state index contributed by atoms with van der Waals surface area (Å²) in [7, 11) is 0. The lowest BCUT2D eigenvalue weighted by Gasteiger charge is -2.30. The van der Waals surface area contributed by atoms with Crippen LogP contribution in [0.1, 0.15) is 49.9 Å². The normalized spacial score (nSPS) is 15.6. The van der Waals surface area contributed by atoms with E-state index in [1.54, 1.807) is 0 Å². The van der Waals surface area contributed by atoms with Crippen LogP contribution in [-0.4, -0.2) is 40.1 Å². The number of amides is 1. The molecule has 1 aliphatic heterocycles. The second-order valence-corrected chi connectivity index (χ2v) is 7.96. The summed E-state index contributed by atoms with van der Waals surface area (Å²) in [4.78, 5) is 19.0. The quantitative estimate of drug-likeness (QED) is 0.885. The van der Waals surface area contributed by atoms with Crippen LogP contribution in [-0.2, 0) is 6.42 Å². The highest BCUT2D eigenvalue weighted by Crippen LogP contribution is 2.23. The van der Waals surface area contributed by atoms with Crippen molar-refractivity contribution in [2.45, 2.75) is 46.1 Å². The molecule has 0 radical (unpaired) electrons. The summed E-state index contributed by atoms with van der Waals surface area (Å²) in [6, 6.07) is 7.63. The Morgan fingerprint density at radius 1 is 1.31 bits per heavy atom. The summed E-state index contributed by atoms with van der Waals surface area (Å²) in [5.74, 6) is 1.17. The second-order valence-electron chi connectivity index (χ2n) is 7.96. The molecule has 1 aromatic carbocycles. The van der Waals surface area contributed by atoms with Gasteiger partial charge >= 0.3 is 0 Å². The minimum Gasteiger partial charge on any atom is -0.339 e. The van der Waals surface area contributed by atoms with E-state index < -0.39 is 0 Å². The zero-order valence-electron chi connectivity index (χ0n) is 15.6. The molecular weight excluding hydrogens is 352 g/mol. The van der Waals surface area contributed by atoms with Gasteiger partial charge in [-0.1, -0.05) is 38.1 Å². The molecule has 7 heteroatoms. The number of piperidine rings is 1. The lowest BCUT2D eigenvalue weighted by Crippen LogP contribution is -2.42. The molecule has 0 spiro atoms. The van der Waals surface area contributed by atoms with Crippen molar-refractivity contribution in [3.63, 3.8) is 0 Å². The maximum Gasteiger partial charge on any atom is 0.253 e. The third kappa shape index (κ3) is 5.05. The number of likely N-dealkylation sites (tertiary alicyclic amines) is 1. The van der Waals surface area contributed by atoms with E-state index in [2.05, 4.69) is 30.9 Å². The predicted molar refractivity (Wildman–Crippen MR) is 103 cm³/mol. The molecule has 1 amide bonds. The maximum atomic E-state index is 12.7. The Morgan fingerprint density at radius 3 is 2.65 bits per heavy atom. The summed E-state index contributed by atoms with van der Waals surface area (Å²) in [5, 5.41) is 4.07. The third-order valence-electron chi connectivity index (χ3n) is 4.34. The first-order valence-electron chi connectivity index (χ1n) is 8.80. The summed E-state index contributed by atoms with van der Waals surface area (Å²) >= 11 is 0. The minimum atomic E-state index is 0. The average Bonchev–Trinajstić information content (AvgIpc) is 3.01. The Labute approximate surface area is 160 Å². The Morgan fingerprint density at radius 2 is 2.00 bits per heavy atom. The van der Waals surface area contributed by atoms with Gasteiger partial charge in [-0.15, -0.1) is 12.4 Å². The first kappa shape index (κ1) is 20.4. The molecule has 0 atom stereocenters. The van der Waals surface area contributed by atoms with E-state index >= 15 is 0 Å². The molecule has 2 N–H and O–H groups in total. The van der Waals surface area contributed by atoms with Crippen LogP contribution in [0, 0.1) is 5.41 Å². The smallest absolute Gasteiger partial charge is 0.253 e. The molecule has 3 rings (SSSR count). The van der Waals surface area contributed by atoms with Gasteiger partial charge in [0.2, 0.25) is 11.7 Å². The van der Waals surface area contributed by atoms with Crippen molar-refractivity contribution in [2.24, 2.45) is 11.1 Å². The van der Waals surface area contributed by atoms with Gasteiger partial charge in [-0.2, -0.15) is 4.98 Å². The summed E-state index contributed by atoms with van der Waals surface area (Å²) < 4.78 is 5.35. The Balaban J connectivity index is 0.00000243. The van der Waals surface area contributed by atoms with Crippen LogP contribution >= 0.6 is 12.4 Å². The lowest BCUT2D eigenvalue weighted by molar-refractivity contribution is 0.0715. The van der Waals surface area contributed by atoms with Crippen molar-refractivity contribution in [1.29, 1.82) is 0 Å². The topological polar surface area (TPSA) is 85.2 Å². The fourth-order valence-electron chi connectivity index (χ4n) is 2.97. The van der Waals surface area contributed by atoms with Gasteiger partial charge in [-0.25, -0.2) is 0 Å². The van der Waals surface area contributed by atoms with Crippen molar-refractivity contribution < 1.29 is 9.32 Å². The molecule has 26 heavy (non-hydrogen) atoms. The standard InChI is InChI=1S/C19H26N4O2.ClH/c1-19(2,3)12-16-21-17(22-25-16)13-5-4-6-14(11-13)18(24)23-9-7-15(20)8-10-23;/h4-6,11,15H,7-10,12,20H2,1-3H3;1H. The molecule has 2 heterocycles. The van der Waals surface area contributed by atoms with Crippen LogP contribution in [0.3, 0.4) is 0 Å². The van der Waals surface area contributed by atoms with Crippen molar-refractivity contribution in [3.8, 4) is 11.4 Å².